The number of nitrogen functional groups attached to an aromatic ring is 1. The quantitative estimate of drug-likeness (QED) is 0.867. The number of nitrogens with two attached hydrogens (primary N) is 1. The number of hydrogen-bond donors (Lipinski definition) is 1. The lowest BCUT2D eigenvalue weighted by Crippen LogP contribution is -2.27. The molecule has 6 nitrogen and oxygen atoms in total. The minimum absolute atomic E-state index is 0.209. The molecule has 0 aliphatic carbocycles. The molecule has 0 saturated heterocycles. The van der Waals surface area contributed by atoms with Crippen LogP contribution in [0.15, 0.2) is 36.4 Å². The summed E-state index contributed by atoms with van der Waals surface area (Å²) in [6.45, 7) is 0. The van der Waals surface area contributed by atoms with Gasteiger partial charge in [-0.05, 0) is 36.4 Å². The SMILES string of the molecule is CN(C(=O)c1ccc(N)nn1)c1ccc(C#N)cc1. The van der Waals surface area contributed by atoms with Gasteiger partial charge >= 0.3 is 0 Å². The van der Waals surface area contributed by atoms with Gasteiger partial charge in [-0.1, -0.05) is 0 Å². The Balaban J connectivity index is 2.23. The summed E-state index contributed by atoms with van der Waals surface area (Å²) in [4.78, 5) is 13.6. The second-order valence-electron chi connectivity index (χ2n) is 3.87. The summed E-state index contributed by atoms with van der Waals surface area (Å²) in [5.74, 6) is -0.0326. The summed E-state index contributed by atoms with van der Waals surface area (Å²) in [6, 6.07) is 11.7. The van der Waals surface area contributed by atoms with Gasteiger partial charge < -0.3 is 10.6 Å². The van der Waals surface area contributed by atoms with Crippen LogP contribution < -0.4 is 10.6 Å². The second-order valence-corrected chi connectivity index (χ2v) is 3.87. The molecule has 94 valence electrons. The van der Waals surface area contributed by atoms with Crippen molar-refractivity contribution in [2.45, 2.75) is 0 Å². The highest BCUT2D eigenvalue weighted by Crippen LogP contribution is 2.15. The van der Waals surface area contributed by atoms with Crippen LogP contribution >= 0.6 is 0 Å². The van der Waals surface area contributed by atoms with Crippen LogP contribution in [0, 0.1) is 11.3 Å². The van der Waals surface area contributed by atoms with Crippen LogP contribution in [-0.2, 0) is 0 Å². The fraction of sp³-hybridized carbons (Fsp3) is 0.0769. The summed E-state index contributed by atoms with van der Waals surface area (Å²) in [6.07, 6.45) is 0. The van der Waals surface area contributed by atoms with E-state index in [1.54, 1.807) is 31.3 Å². The normalized spacial score (nSPS) is 9.68. The number of nitriles is 1. The van der Waals surface area contributed by atoms with E-state index in [0.29, 0.717) is 11.3 Å². The Hall–Kier alpha value is -2.94. The minimum Gasteiger partial charge on any atom is -0.382 e. The van der Waals surface area contributed by atoms with Gasteiger partial charge in [0.25, 0.3) is 5.91 Å². The number of benzene rings is 1. The van der Waals surface area contributed by atoms with Crippen molar-refractivity contribution in [2.75, 3.05) is 17.7 Å². The Bertz CT molecular complexity index is 628. The zero-order valence-electron chi connectivity index (χ0n) is 10.2. The largest absolute Gasteiger partial charge is 0.382 e. The smallest absolute Gasteiger partial charge is 0.278 e. The van der Waals surface area contributed by atoms with Gasteiger partial charge in [-0.15, -0.1) is 10.2 Å². The molecule has 1 amide bonds. The number of aromatic nitrogens is 2. The number of rotatable bonds is 2. The second kappa shape index (κ2) is 5.14. The van der Waals surface area contributed by atoms with Crippen LogP contribution in [0.1, 0.15) is 16.1 Å². The van der Waals surface area contributed by atoms with Crippen LogP contribution in [0.5, 0.6) is 0 Å². The molecule has 0 atom stereocenters. The van der Waals surface area contributed by atoms with Gasteiger partial charge in [0, 0.05) is 12.7 Å². The van der Waals surface area contributed by atoms with Crippen LogP contribution in [0.25, 0.3) is 0 Å². The Morgan fingerprint density at radius 1 is 1.21 bits per heavy atom. The molecule has 0 saturated carbocycles. The van der Waals surface area contributed by atoms with E-state index in [0.717, 1.165) is 0 Å². The summed E-state index contributed by atoms with van der Waals surface area (Å²) >= 11 is 0. The number of nitrogens with zero attached hydrogens (tertiary/aromatic N) is 4. The standard InChI is InChI=1S/C13H11N5O/c1-18(10-4-2-9(8-14)3-5-10)13(19)11-6-7-12(15)17-16-11/h2-7H,1H3,(H2,15,17). The van der Waals surface area contributed by atoms with Crippen molar-refractivity contribution in [1.29, 1.82) is 5.26 Å². The molecule has 2 N–H and O–H groups in total. The summed E-state index contributed by atoms with van der Waals surface area (Å²) in [5, 5.41) is 16.1. The van der Waals surface area contributed by atoms with Crippen LogP contribution in [0.3, 0.4) is 0 Å². The highest BCUT2D eigenvalue weighted by molar-refractivity contribution is 6.04. The molecule has 1 heterocycles. The summed E-state index contributed by atoms with van der Waals surface area (Å²) in [5.41, 5.74) is 6.83. The molecule has 0 fully saturated rings. The lowest BCUT2D eigenvalue weighted by Gasteiger charge is -2.16. The van der Waals surface area contributed by atoms with Gasteiger partial charge in [0.05, 0.1) is 11.6 Å². The molecule has 0 radical (unpaired) electrons. The van der Waals surface area contributed by atoms with Crippen molar-refractivity contribution in [3.05, 3.63) is 47.7 Å². The van der Waals surface area contributed by atoms with E-state index < -0.39 is 0 Å². The lowest BCUT2D eigenvalue weighted by atomic mass is 10.2. The van der Waals surface area contributed by atoms with Gasteiger partial charge in [0.2, 0.25) is 0 Å². The number of carbonyl (C=O) groups is 1. The molecule has 0 spiro atoms. The van der Waals surface area contributed by atoms with Gasteiger partial charge in [-0.25, -0.2) is 0 Å². The zero-order chi connectivity index (χ0) is 13.8. The van der Waals surface area contributed by atoms with E-state index >= 15 is 0 Å². The molecule has 6 heteroatoms. The Labute approximate surface area is 110 Å². The van der Waals surface area contributed by atoms with Crippen LogP contribution in [-0.4, -0.2) is 23.2 Å². The molecule has 0 aliphatic heterocycles. The van der Waals surface area contributed by atoms with E-state index in [-0.39, 0.29) is 17.4 Å². The third-order valence-corrected chi connectivity index (χ3v) is 2.59. The van der Waals surface area contributed by atoms with Crippen molar-refractivity contribution in [3.8, 4) is 6.07 Å². The van der Waals surface area contributed by atoms with Gasteiger partial charge in [0.1, 0.15) is 5.82 Å². The molecule has 0 bridgehead atoms. The first-order valence-electron chi connectivity index (χ1n) is 5.49. The van der Waals surface area contributed by atoms with E-state index in [2.05, 4.69) is 10.2 Å². The van der Waals surface area contributed by atoms with Crippen molar-refractivity contribution in [1.82, 2.24) is 10.2 Å². The van der Waals surface area contributed by atoms with Crippen molar-refractivity contribution >= 4 is 17.4 Å². The number of amides is 1. The van der Waals surface area contributed by atoms with Gasteiger partial charge in [0.15, 0.2) is 5.69 Å². The molecule has 0 aliphatic rings. The number of hydrogen-bond acceptors (Lipinski definition) is 5. The van der Waals surface area contributed by atoms with Gasteiger partial charge in [-0.2, -0.15) is 5.26 Å². The van der Waals surface area contributed by atoms with Gasteiger partial charge in [-0.3, -0.25) is 4.79 Å². The molecule has 1 aromatic carbocycles. The average molecular weight is 253 g/mol. The third kappa shape index (κ3) is 2.66. The predicted octanol–water partition coefficient (Wildman–Crippen LogP) is 1.21. The average Bonchev–Trinajstić information content (AvgIpc) is 2.46. The Morgan fingerprint density at radius 3 is 2.42 bits per heavy atom. The minimum atomic E-state index is -0.294. The molecule has 1 aromatic heterocycles. The molecule has 2 rings (SSSR count). The van der Waals surface area contributed by atoms with Crippen molar-refractivity contribution < 1.29 is 4.79 Å². The van der Waals surface area contributed by atoms with E-state index in [1.165, 1.54) is 17.0 Å². The maximum Gasteiger partial charge on any atom is 0.278 e. The topological polar surface area (TPSA) is 95.9 Å². The first-order chi connectivity index (χ1) is 9.11. The van der Waals surface area contributed by atoms with Crippen molar-refractivity contribution in [3.63, 3.8) is 0 Å². The van der Waals surface area contributed by atoms with Crippen molar-refractivity contribution in [2.24, 2.45) is 0 Å². The highest BCUT2D eigenvalue weighted by Gasteiger charge is 2.15. The monoisotopic (exact) mass is 253 g/mol. The highest BCUT2D eigenvalue weighted by atomic mass is 16.2. The van der Waals surface area contributed by atoms with E-state index in [1.807, 2.05) is 6.07 Å². The first kappa shape index (κ1) is 12.5. The Kier molecular flexibility index (Phi) is 3.39. The van der Waals surface area contributed by atoms with Crippen LogP contribution in [0.2, 0.25) is 0 Å². The number of carbonyl (C=O) groups excluding carboxylic acids is 1. The zero-order valence-corrected chi connectivity index (χ0v) is 10.2. The fourth-order valence-electron chi connectivity index (χ4n) is 1.51. The molecular weight excluding hydrogens is 242 g/mol. The maximum atomic E-state index is 12.1. The summed E-state index contributed by atoms with van der Waals surface area (Å²) < 4.78 is 0. The Morgan fingerprint density at radius 2 is 1.89 bits per heavy atom. The molecule has 0 unspecified atom stereocenters. The maximum absolute atomic E-state index is 12.1. The van der Waals surface area contributed by atoms with Crippen LogP contribution in [0.4, 0.5) is 11.5 Å². The lowest BCUT2D eigenvalue weighted by molar-refractivity contribution is 0.0987. The number of anilines is 2. The molecule has 19 heavy (non-hydrogen) atoms. The van der Waals surface area contributed by atoms with E-state index in [9.17, 15) is 4.79 Å². The predicted molar refractivity (Wildman–Crippen MR) is 70.3 cm³/mol. The fourth-order valence-corrected chi connectivity index (χ4v) is 1.51. The summed E-state index contributed by atoms with van der Waals surface area (Å²) in [7, 11) is 1.63. The molecular formula is C13H11N5O. The van der Waals surface area contributed by atoms with E-state index in [4.69, 9.17) is 11.0 Å². The molecule has 2 aromatic rings. The first-order valence-corrected chi connectivity index (χ1v) is 5.49. The third-order valence-electron chi connectivity index (χ3n) is 2.59.